The van der Waals surface area contributed by atoms with E-state index >= 15 is 0 Å². The maximum absolute atomic E-state index is 6.22. The Morgan fingerprint density at radius 1 is 0.464 bits per heavy atom. The van der Waals surface area contributed by atoms with Crippen LogP contribution in [-0.4, -0.2) is 25.4 Å². The predicted molar refractivity (Wildman–Crippen MR) is 119 cm³/mol. The van der Waals surface area contributed by atoms with Crippen LogP contribution in [0.15, 0.2) is 0 Å². The first kappa shape index (κ1) is 22.6. The highest BCUT2D eigenvalue weighted by Crippen LogP contribution is 2.40. The zero-order valence-corrected chi connectivity index (χ0v) is 19.0. The first-order valence-electron chi connectivity index (χ1n) is 12.9. The summed E-state index contributed by atoms with van der Waals surface area (Å²) in [6, 6.07) is 0. The van der Waals surface area contributed by atoms with Crippen molar-refractivity contribution in [1.29, 1.82) is 0 Å². The van der Waals surface area contributed by atoms with Crippen molar-refractivity contribution in [2.45, 2.75) is 129 Å². The van der Waals surface area contributed by atoms with Gasteiger partial charge in [0.15, 0.2) is 0 Å². The van der Waals surface area contributed by atoms with Gasteiger partial charge in [0.2, 0.25) is 0 Å². The molecule has 0 aromatic carbocycles. The average molecular weight is 393 g/mol. The second-order valence-corrected chi connectivity index (χ2v) is 10.6. The third kappa shape index (κ3) is 7.98. The van der Waals surface area contributed by atoms with Crippen LogP contribution in [0.3, 0.4) is 0 Å². The van der Waals surface area contributed by atoms with Crippen molar-refractivity contribution in [3.05, 3.63) is 0 Å². The maximum atomic E-state index is 6.22. The fourth-order valence-electron chi connectivity index (χ4n) is 5.94. The molecule has 3 aliphatic rings. The summed E-state index contributed by atoms with van der Waals surface area (Å²) in [5, 5.41) is 0. The molecule has 3 aliphatic carbocycles. The van der Waals surface area contributed by atoms with Gasteiger partial charge in [0.05, 0.1) is 12.2 Å². The van der Waals surface area contributed by atoms with E-state index in [4.69, 9.17) is 9.47 Å². The standard InChI is InChI=1S/C26H48O2/c1-21-7-11-23(12-8-21)24-13-17-26(18-14-24)28-20-6-4-3-5-19-27-25-15-9-22(2)10-16-25/h21-26H,3-20H2,1-2H3. The second-order valence-electron chi connectivity index (χ2n) is 10.6. The smallest absolute Gasteiger partial charge is 0.0575 e. The highest BCUT2D eigenvalue weighted by molar-refractivity contribution is 4.81. The highest BCUT2D eigenvalue weighted by Gasteiger charge is 2.30. The van der Waals surface area contributed by atoms with E-state index in [-0.39, 0.29) is 0 Å². The minimum absolute atomic E-state index is 0.562. The maximum Gasteiger partial charge on any atom is 0.0575 e. The summed E-state index contributed by atoms with van der Waals surface area (Å²) in [6.07, 6.45) is 23.0. The van der Waals surface area contributed by atoms with E-state index < -0.39 is 0 Å². The summed E-state index contributed by atoms with van der Waals surface area (Å²) >= 11 is 0. The lowest BCUT2D eigenvalue weighted by molar-refractivity contribution is 0.00427. The van der Waals surface area contributed by atoms with Gasteiger partial charge < -0.3 is 9.47 Å². The van der Waals surface area contributed by atoms with Crippen LogP contribution in [0, 0.1) is 23.7 Å². The molecule has 3 fully saturated rings. The summed E-state index contributed by atoms with van der Waals surface area (Å²) in [4.78, 5) is 0. The molecule has 0 amide bonds. The van der Waals surface area contributed by atoms with E-state index in [1.165, 1.54) is 103 Å². The van der Waals surface area contributed by atoms with E-state index in [0.717, 1.165) is 36.9 Å². The fraction of sp³-hybridized carbons (Fsp3) is 1.00. The van der Waals surface area contributed by atoms with E-state index in [0.29, 0.717) is 12.2 Å². The molecule has 3 rings (SSSR count). The summed E-state index contributed by atoms with van der Waals surface area (Å²) in [5.41, 5.74) is 0. The fourth-order valence-corrected chi connectivity index (χ4v) is 5.94. The monoisotopic (exact) mass is 392 g/mol. The van der Waals surface area contributed by atoms with Gasteiger partial charge in [-0.15, -0.1) is 0 Å². The molecule has 2 nitrogen and oxygen atoms in total. The van der Waals surface area contributed by atoms with Gasteiger partial charge in [0.1, 0.15) is 0 Å². The number of ether oxygens (including phenoxy) is 2. The van der Waals surface area contributed by atoms with Gasteiger partial charge >= 0.3 is 0 Å². The van der Waals surface area contributed by atoms with Crippen LogP contribution >= 0.6 is 0 Å². The largest absolute Gasteiger partial charge is 0.378 e. The molecule has 28 heavy (non-hydrogen) atoms. The summed E-state index contributed by atoms with van der Waals surface area (Å²) in [7, 11) is 0. The number of hydrogen-bond donors (Lipinski definition) is 0. The molecule has 0 saturated heterocycles. The molecule has 0 radical (unpaired) electrons. The first-order valence-corrected chi connectivity index (χ1v) is 12.9. The SMILES string of the molecule is CC1CCC(OCCCCCCOC2CCC(C3CCC(C)CC3)CC2)CC1. The van der Waals surface area contributed by atoms with Crippen LogP contribution in [-0.2, 0) is 9.47 Å². The second kappa shape index (κ2) is 12.6. The summed E-state index contributed by atoms with van der Waals surface area (Å²) < 4.78 is 12.3. The third-order valence-electron chi connectivity index (χ3n) is 8.15. The van der Waals surface area contributed by atoms with Crippen molar-refractivity contribution >= 4 is 0 Å². The van der Waals surface area contributed by atoms with Gasteiger partial charge in [-0.25, -0.2) is 0 Å². The molecule has 0 N–H and O–H groups in total. The Labute approximate surface area is 175 Å². The quantitative estimate of drug-likeness (QED) is 0.357. The van der Waals surface area contributed by atoms with Crippen LogP contribution in [0.1, 0.15) is 117 Å². The Morgan fingerprint density at radius 3 is 1.29 bits per heavy atom. The van der Waals surface area contributed by atoms with Crippen molar-refractivity contribution < 1.29 is 9.47 Å². The highest BCUT2D eigenvalue weighted by atomic mass is 16.5. The zero-order valence-electron chi connectivity index (χ0n) is 19.0. The van der Waals surface area contributed by atoms with Gasteiger partial charge in [-0.2, -0.15) is 0 Å². The molecule has 3 saturated carbocycles. The normalized spacial score (nSPS) is 37.1. The Balaban J connectivity index is 1.12. The molecule has 0 atom stereocenters. The lowest BCUT2D eigenvalue weighted by Crippen LogP contribution is -2.28. The van der Waals surface area contributed by atoms with Gasteiger partial charge in [0, 0.05) is 13.2 Å². The molecular formula is C26H48O2. The Kier molecular flexibility index (Phi) is 10.2. The van der Waals surface area contributed by atoms with Crippen molar-refractivity contribution in [2.75, 3.05) is 13.2 Å². The van der Waals surface area contributed by atoms with Gasteiger partial charge in [0.25, 0.3) is 0 Å². The lowest BCUT2D eigenvalue weighted by atomic mass is 9.71. The van der Waals surface area contributed by atoms with Crippen LogP contribution in [0.5, 0.6) is 0 Å². The number of rotatable bonds is 10. The Bertz CT molecular complexity index is 385. The molecule has 164 valence electrons. The van der Waals surface area contributed by atoms with Crippen molar-refractivity contribution in [1.82, 2.24) is 0 Å². The minimum Gasteiger partial charge on any atom is -0.378 e. The molecule has 0 aromatic rings. The van der Waals surface area contributed by atoms with Crippen LogP contribution in [0.25, 0.3) is 0 Å². The molecule has 0 heterocycles. The number of hydrogen-bond acceptors (Lipinski definition) is 2. The molecule has 0 bridgehead atoms. The van der Waals surface area contributed by atoms with E-state index in [1.807, 2.05) is 0 Å². The van der Waals surface area contributed by atoms with Crippen LogP contribution in [0.4, 0.5) is 0 Å². The third-order valence-corrected chi connectivity index (χ3v) is 8.15. The molecular weight excluding hydrogens is 344 g/mol. The first-order chi connectivity index (χ1) is 13.7. The summed E-state index contributed by atoms with van der Waals surface area (Å²) in [6.45, 7) is 6.77. The summed E-state index contributed by atoms with van der Waals surface area (Å²) in [5.74, 6) is 3.96. The van der Waals surface area contributed by atoms with Crippen molar-refractivity contribution in [3.8, 4) is 0 Å². The van der Waals surface area contributed by atoms with Gasteiger partial charge in [-0.05, 0) is 101 Å². The lowest BCUT2D eigenvalue weighted by Gasteiger charge is -2.37. The molecule has 0 unspecified atom stereocenters. The van der Waals surface area contributed by atoms with Gasteiger partial charge in [-0.1, -0.05) is 39.5 Å². The van der Waals surface area contributed by atoms with Crippen LogP contribution < -0.4 is 0 Å². The molecule has 2 heteroatoms. The molecule has 0 aliphatic heterocycles. The zero-order chi connectivity index (χ0) is 19.6. The number of unbranched alkanes of at least 4 members (excludes halogenated alkanes) is 3. The van der Waals surface area contributed by atoms with Crippen molar-refractivity contribution in [3.63, 3.8) is 0 Å². The molecule has 0 aromatic heterocycles. The predicted octanol–water partition coefficient (Wildman–Crippen LogP) is 7.54. The van der Waals surface area contributed by atoms with E-state index in [2.05, 4.69) is 13.8 Å². The van der Waals surface area contributed by atoms with Crippen molar-refractivity contribution in [2.24, 2.45) is 23.7 Å². The Morgan fingerprint density at radius 2 is 0.821 bits per heavy atom. The van der Waals surface area contributed by atoms with E-state index in [9.17, 15) is 0 Å². The van der Waals surface area contributed by atoms with E-state index in [1.54, 1.807) is 0 Å². The van der Waals surface area contributed by atoms with Gasteiger partial charge in [-0.3, -0.25) is 0 Å². The average Bonchev–Trinajstić information content (AvgIpc) is 2.72. The Hall–Kier alpha value is -0.0800. The molecule has 0 spiro atoms. The minimum atomic E-state index is 0.562. The van der Waals surface area contributed by atoms with Crippen LogP contribution in [0.2, 0.25) is 0 Å². The topological polar surface area (TPSA) is 18.5 Å².